The maximum absolute atomic E-state index is 14.6. The molecule has 0 spiro atoms. The van der Waals surface area contributed by atoms with Gasteiger partial charge in [-0.15, -0.1) is 0 Å². The molecule has 4 heterocycles. The zero-order chi connectivity index (χ0) is 25.5. The Hall–Kier alpha value is -4.11. The number of nitrogens with zero attached hydrogens (tertiary/aromatic N) is 5. The van der Waals surface area contributed by atoms with Gasteiger partial charge in [0.25, 0.3) is 5.56 Å². The number of imidazole rings is 1. The normalized spacial score (nSPS) is 16.8. The van der Waals surface area contributed by atoms with Crippen molar-refractivity contribution >= 4 is 27.8 Å². The Morgan fingerprint density at radius 2 is 1.95 bits per heavy atom. The van der Waals surface area contributed by atoms with E-state index in [1.54, 1.807) is 15.5 Å². The molecule has 3 aromatic heterocycles. The van der Waals surface area contributed by atoms with E-state index in [1.807, 2.05) is 68.4 Å². The fraction of sp³-hybridized carbons (Fsp3) is 0.286. The lowest BCUT2D eigenvalue weighted by atomic mass is 10.0. The lowest BCUT2D eigenvalue weighted by molar-refractivity contribution is -0.0298. The lowest BCUT2D eigenvalue weighted by Gasteiger charge is -2.24. The number of hydrogen-bond acceptors (Lipinski definition) is 6. The molecule has 0 amide bonds. The number of hydrogen-bond donors (Lipinski definition) is 1. The SMILES string of the molecule is Cc1cccc2cc(C(C)Nc3nc(F)nc4c3ncn4C3CCCCO3)n(-c3ccccc3)c(=O)c12. The molecule has 9 heteroatoms. The van der Waals surface area contributed by atoms with Gasteiger partial charge in [0.05, 0.1) is 17.8 Å². The number of anilines is 1. The summed E-state index contributed by atoms with van der Waals surface area (Å²) in [6.07, 6.45) is 3.39. The number of aromatic nitrogens is 5. The minimum absolute atomic E-state index is 0.108. The third kappa shape index (κ3) is 4.15. The summed E-state index contributed by atoms with van der Waals surface area (Å²) in [5.41, 5.74) is 3.10. The van der Waals surface area contributed by atoms with Gasteiger partial charge in [0.1, 0.15) is 6.23 Å². The number of fused-ring (bicyclic) bond motifs is 2. The number of ether oxygens (including phenoxy) is 1. The first kappa shape index (κ1) is 23.3. The minimum Gasteiger partial charge on any atom is -0.360 e. The molecule has 2 atom stereocenters. The highest BCUT2D eigenvalue weighted by atomic mass is 19.1. The van der Waals surface area contributed by atoms with Crippen LogP contribution in [0.25, 0.3) is 27.6 Å². The van der Waals surface area contributed by atoms with Crippen LogP contribution in [0.3, 0.4) is 0 Å². The summed E-state index contributed by atoms with van der Waals surface area (Å²) >= 11 is 0. The Morgan fingerprint density at radius 3 is 2.73 bits per heavy atom. The van der Waals surface area contributed by atoms with E-state index in [0.717, 1.165) is 41.6 Å². The predicted octanol–water partition coefficient (Wildman–Crippen LogP) is 5.45. The Kier molecular flexibility index (Phi) is 5.92. The van der Waals surface area contributed by atoms with Gasteiger partial charge in [0, 0.05) is 18.0 Å². The van der Waals surface area contributed by atoms with Crippen molar-refractivity contribution in [1.29, 1.82) is 0 Å². The number of halogens is 1. The molecule has 1 fully saturated rings. The van der Waals surface area contributed by atoms with Crippen LogP contribution in [0, 0.1) is 13.0 Å². The third-order valence-electron chi connectivity index (χ3n) is 6.95. The van der Waals surface area contributed by atoms with Gasteiger partial charge in [0.15, 0.2) is 17.0 Å². The standard InChI is InChI=1S/C28H27FN6O2/c1-17-9-8-10-19-15-21(35(27(36)23(17)19)20-11-4-3-5-12-20)18(2)31-25-24-26(33-28(29)32-25)34(16-30-24)22-13-6-7-14-37-22/h3-5,8-12,15-16,18,22H,6-7,13-14H2,1-2H3,(H,31,32,33). The summed E-state index contributed by atoms with van der Waals surface area (Å²) in [7, 11) is 0. The van der Waals surface area contributed by atoms with Crippen molar-refractivity contribution in [1.82, 2.24) is 24.1 Å². The van der Waals surface area contributed by atoms with E-state index in [2.05, 4.69) is 20.3 Å². The molecule has 2 aromatic carbocycles. The summed E-state index contributed by atoms with van der Waals surface area (Å²) in [6.45, 7) is 4.51. The monoisotopic (exact) mass is 498 g/mol. The van der Waals surface area contributed by atoms with Crippen LogP contribution in [0.1, 0.15) is 49.7 Å². The van der Waals surface area contributed by atoms with Crippen molar-refractivity contribution in [3.63, 3.8) is 0 Å². The van der Waals surface area contributed by atoms with Gasteiger partial charge in [-0.3, -0.25) is 13.9 Å². The average molecular weight is 499 g/mol. The van der Waals surface area contributed by atoms with Crippen LogP contribution in [0.4, 0.5) is 10.2 Å². The molecule has 0 bridgehead atoms. The molecule has 8 nitrogen and oxygen atoms in total. The zero-order valence-corrected chi connectivity index (χ0v) is 20.7. The van der Waals surface area contributed by atoms with Crippen molar-refractivity contribution in [2.45, 2.75) is 45.4 Å². The molecule has 5 aromatic rings. The van der Waals surface area contributed by atoms with Crippen molar-refractivity contribution < 1.29 is 9.13 Å². The quantitative estimate of drug-likeness (QED) is 0.324. The fourth-order valence-corrected chi connectivity index (χ4v) is 5.14. The van der Waals surface area contributed by atoms with Crippen molar-refractivity contribution in [2.24, 2.45) is 0 Å². The molecule has 1 aliphatic rings. The topological polar surface area (TPSA) is 86.9 Å². The van der Waals surface area contributed by atoms with Crippen LogP contribution >= 0.6 is 0 Å². The highest BCUT2D eigenvalue weighted by molar-refractivity contribution is 5.86. The summed E-state index contributed by atoms with van der Waals surface area (Å²) in [6, 6.07) is 16.9. The van der Waals surface area contributed by atoms with Gasteiger partial charge < -0.3 is 10.1 Å². The first-order chi connectivity index (χ1) is 18.0. The van der Waals surface area contributed by atoms with Crippen LogP contribution in [0.2, 0.25) is 0 Å². The van der Waals surface area contributed by atoms with Crippen molar-refractivity contribution in [3.8, 4) is 5.69 Å². The highest BCUT2D eigenvalue weighted by Gasteiger charge is 2.23. The molecule has 0 radical (unpaired) electrons. The fourth-order valence-electron chi connectivity index (χ4n) is 5.14. The second-order valence-corrected chi connectivity index (χ2v) is 9.44. The van der Waals surface area contributed by atoms with Gasteiger partial charge in [-0.2, -0.15) is 14.4 Å². The Balaban J connectivity index is 1.47. The summed E-state index contributed by atoms with van der Waals surface area (Å²) < 4.78 is 24.0. The molecule has 1 saturated heterocycles. The molecule has 0 aliphatic carbocycles. The first-order valence-electron chi connectivity index (χ1n) is 12.5. The molecule has 6 rings (SSSR count). The maximum Gasteiger partial charge on any atom is 0.312 e. The van der Waals surface area contributed by atoms with E-state index >= 15 is 0 Å². The van der Waals surface area contributed by atoms with E-state index in [0.29, 0.717) is 23.2 Å². The smallest absolute Gasteiger partial charge is 0.312 e. The molecular formula is C28H27FN6O2. The van der Waals surface area contributed by atoms with E-state index in [1.165, 1.54) is 0 Å². The number of rotatable bonds is 5. The molecule has 2 unspecified atom stereocenters. The number of pyridine rings is 1. The Bertz CT molecular complexity index is 1660. The second kappa shape index (κ2) is 9.40. The highest BCUT2D eigenvalue weighted by Crippen LogP contribution is 2.30. The summed E-state index contributed by atoms with van der Waals surface area (Å²) in [4.78, 5) is 26.4. The zero-order valence-electron chi connectivity index (χ0n) is 20.7. The number of nitrogens with one attached hydrogen (secondary N) is 1. The number of benzene rings is 2. The lowest BCUT2D eigenvalue weighted by Crippen LogP contribution is -2.26. The van der Waals surface area contributed by atoms with Crippen molar-refractivity contribution in [2.75, 3.05) is 11.9 Å². The molecule has 1 N–H and O–H groups in total. The molecular weight excluding hydrogens is 471 g/mol. The maximum atomic E-state index is 14.6. The second-order valence-electron chi connectivity index (χ2n) is 9.44. The van der Waals surface area contributed by atoms with Gasteiger partial charge >= 0.3 is 6.08 Å². The largest absolute Gasteiger partial charge is 0.360 e. The molecule has 37 heavy (non-hydrogen) atoms. The van der Waals surface area contributed by atoms with E-state index in [4.69, 9.17) is 4.74 Å². The van der Waals surface area contributed by atoms with Crippen LogP contribution < -0.4 is 10.9 Å². The molecule has 188 valence electrons. The summed E-state index contributed by atoms with van der Waals surface area (Å²) in [5, 5.41) is 4.82. The van der Waals surface area contributed by atoms with Gasteiger partial charge in [-0.25, -0.2) is 4.98 Å². The third-order valence-corrected chi connectivity index (χ3v) is 6.95. The van der Waals surface area contributed by atoms with Gasteiger partial charge in [-0.05, 0) is 62.3 Å². The Labute approximate surface area is 212 Å². The van der Waals surface area contributed by atoms with Crippen LogP contribution in [-0.4, -0.2) is 30.7 Å². The van der Waals surface area contributed by atoms with E-state index in [-0.39, 0.29) is 17.6 Å². The van der Waals surface area contributed by atoms with Gasteiger partial charge in [-0.1, -0.05) is 36.4 Å². The summed E-state index contributed by atoms with van der Waals surface area (Å²) in [5.74, 6) is 0.265. The van der Waals surface area contributed by atoms with Crippen LogP contribution in [0.5, 0.6) is 0 Å². The van der Waals surface area contributed by atoms with Crippen LogP contribution in [0.15, 0.2) is 65.7 Å². The van der Waals surface area contributed by atoms with Crippen molar-refractivity contribution in [3.05, 3.63) is 88.6 Å². The molecule has 1 aliphatic heterocycles. The average Bonchev–Trinajstić information content (AvgIpc) is 3.33. The Morgan fingerprint density at radius 1 is 1.11 bits per heavy atom. The molecule has 0 saturated carbocycles. The van der Waals surface area contributed by atoms with E-state index < -0.39 is 12.1 Å². The minimum atomic E-state index is -0.852. The van der Waals surface area contributed by atoms with Crippen LogP contribution in [-0.2, 0) is 4.74 Å². The predicted molar refractivity (Wildman–Crippen MR) is 140 cm³/mol. The number of para-hydroxylation sites is 1. The number of aryl methyl sites for hydroxylation is 1. The van der Waals surface area contributed by atoms with E-state index in [9.17, 15) is 9.18 Å². The first-order valence-corrected chi connectivity index (χ1v) is 12.5. The van der Waals surface area contributed by atoms with Gasteiger partial charge in [0.2, 0.25) is 0 Å².